The zero-order valence-corrected chi connectivity index (χ0v) is 12.1. The second kappa shape index (κ2) is 7.42. The smallest absolute Gasteiger partial charge is 0.174 e. The Morgan fingerprint density at radius 2 is 2.26 bits per heavy atom. The van der Waals surface area contributed by atoms with Gasteiger partial charge in [0.1, 0.15) is 11.8 Å². The van der Waals surface area contributed by atoms with E-state index in [1.54, 1.807) is 0 Å². The van der Waals surface area contributed by atoms with Gasteiger partial charge in [-0.25, -0.2) is 0 Å². The number of hydrogen-bond acceptors (Lipinski definition) is 4. The number of benzene rings is 1. The van der Waals surface area contributed by atoms with Gasteiger partial charge in [0.05, 0.1) is 0 Å². The quantitative estimate of drug-likeness (QED) is 0.867. The summed E-state index contributed by atoms with van der Waals surface area (Å²) < 4.78 is 5.44. The second-order valence-electron chi connectivity index (χ2n) is 4.80. The molecule has 0 aromatic heterocycles. The highest BCUT2D eigenvalue weighted by atomic mass is 32.2. The molecular formula is C15H20N2OS. The average molecular weight is 276 g/mol. The van der Waals surface area contributed by atoms with Crippen molar-refractivity contribution in [3.8, 4) is 11.8 Å². The van der Waals surface area contributed by atoms with Crippen LogP contribution in [0.5, 0.6) is 5.75 Å². The molecule has 1 aromatic carbocycles. The van der Waals surface area contributed by atoms with Crippen LogP contribution in [-0.2, 0) is 6.54 Å². The third-order valence-corrected chi connectivity index (χ3v) is 4.66. The molecule has 102 valence electrons. The minimum atomic E-state index is 0.106. The SMILES string of the molecule is CSC1CCC(NCc2ccccc2OCC#N)C1. The molecule has 2 atom stereocenters. The van der Waals surface area contributed by atoms with Crippen LogP contribution in [0.1, 0.15) is 24.8 Å². The predicted molar refractivity (Wildman–Crippen MR) is 79.3 cm³/mol. The summed E-state index contributed by atoms with van der Waals surface area (Å²) >= 11 is 1.97. The molecule has 1 N–H and O–H groups in total. The topological polar surface area (TPSA) is 45.0 Å². The van der Waals surface area contributed by atoms with Gasteiger partial charge in [0, 0.05) is 23.4 Å². The first-order valence-corrected chi connectivity index (χ1v) is 7.96. The van der Waals surface area contributed by atoms with Crippen LogP contribution in [0, 0.1) is 11.3 Å². The standard InChI is InChI=1S/C15H20N2OS/c1-19-14-7-6-13(10-14)17-11-12-4-2-3-5-15(12)18-9-8-16/h2-5,13-14,17H,6-7,9-11H2,1H3. The van der Waals surface area contributed by atoms with Gasteiger partial charge < -0.3 is 10.1 Å². The number of hydrogen-bond donors (Lipinski definition) is 1. The van der Waals surface area contributed by atoms with Crippen molar-refractivity contribution in [1.82, 2.24) is 5.32 Å². The molecule has 0 saturated heterocycles. The minimum Gasteiger partial charge on any atom is -0.478 e. The Kier molecular flexibility index (Phi) is 5.56. The van der Waals surface area contributed by atoms with Gasteiger partial charge in [0.25, 0.3) is 0 Å². The van der Waals surface area contributed by atoms with Crippen LogP contribution >= 0.6 is 11.8 Å². The maximum Gasteiger partial charge on any atom is 0.174 e. The van der Waals surface area contributed by atoms with Crippen molar-refractivity contribution in [2.45, 2.75) is 37.1 Å². The number of ether oxygens (including phenoxy) is 1. The van der Waals surface area contributed by atoms with Crippen LogP contribution in [0.4, 0.5) is 0 Å². The summed E-state index contributed by atoms with van der Waals surface area (Å²) in [6.07, 6.45) is 6.01. The van der Waals surface area contributed by atoms with E-state index in [9.17, 15) is 0 Å². The van der Waals surface area contributed by atoms with E-state index in [0.29, 0.717) is 6.04 Å². The highest BCUT2D eigenvalue weighted by Crippen LogP contribution is 2.28. The summed E-state index contributed by atoms with van der Waals surface area (Å²) in [6, 6.07) is 10.6. The summed E-state index contributed by atoms with van der Waals surface area (Å²) in [5, 5.41) is 13.0. The molecule has 1 saturated carbocycles. The van der Waals surface area contributed by atoms with Crippen molar-refractivity contribution in [3.05, 3.63) is 29.8 Å². The molecule has 0 heterocycles. The van der Waals surface area contributed by atoms with E-state index in [0.717, 1.165) is 23.1 Å². The van der Waals surface area contributed by atoms with Gasteiger partial charge >= 0.3 is 0 Å². The molecule has 2 unspecified atom stereocenters. The van der Waals surface area contributed by atoms with Gasteiger partial charge in [0.15, 0.2) is 6.61 Å². The molecule has 2 rings (SSSR count). The lowest BCUT2D eigenvalue weighted by atomic mass is 10.1. The minimum absolute atomic E-state index is 0.106. The Balaban J connectivity index is 1.87. The molecular weight excluding hydrogens is 256 g/mol. The first kappa shape index (κ1) is 14.2. The van der Waals surface area contributed by atoms with Crippen LogP contribution < -0.4 is 10.1 Å². The van der Waals surface area contributed by atoms with Gasteiger partial charge in [-0.3, -0.25) is 0 Å². The van der Waals surface area contributed by atoms with Crippen molar-refractivity contribution in [2.24, 2.45) is 0 Å². The molecule has 0 spiro atoms. The number of rotatable bonds is 6. The average Bonchev–Trinajstić information content (AvgIpc) is 2.91. The Labute approximate surface area is 119 Å². The zero-order chi connectivity index (χ0) is 13.5. The molecule has 3 nitrogen and oxygen atoms in total. The molecule has 1 aliphatic rings. The number of nitriles is 1. The Hall–Kier alpha value is -1.18. The first-order valence-electron chi connectivity index (χ1n) is 6.67. The van der Waals surface area contributed by atoms with Crippen molar-refractivity contribution in [3.63, 3.8) is 0 Å². The van der Waals surface area contributed by atoms with Crippen LogP contribution in [0.3, 0.4) is 0 Å². The Morgan fingerprint density at radius 1 is 1.42 bits per heavy atom. The molecule has 0 aliphatic heterocycles. The van der Waals surface area contributed by atoms with Crippen molar-refractivity contribution in [2.75, 3.05) is 12.9 Å². The summed E-state index contributed by atoms with van der Waals surface area (Å²) in [5.41, 5.74) is 1.13. The van der Waals surface area contributed by atoms with E-state index in [-0.39, 0.29) is 6.61 Å². The molecule has 1 aliphatic carbocycles. The first-order chi connectivity index (χ1) is 9.33. The summed E-state index contributed by atoms with van der Waals surface area (Å²) in [5.74, 6) is 0.816. The molecule has 0 amide bonds. The molecule has 1 fully saturated rings. The lowest BCUT2D eigenvalue weighted by Crippen LogP contribution is -2.26. The molecule has 0 bridgehead atoms. The number of thioether (sulfide) groups is 1. The maximum atomic E-state index is 8.58. The van der Waals surface area contributed by atoms with E-state index in [1.165, 1.54) is 19.3 Å². The largest absolute Gasteiger partial charge is 0.478 e. The van der Waals surface area contributed by atoms with Crippen LogP contribution in [-0.4, -0.2) is 24.2 Å². The van der Waals surface area contributed by atoms with Crippen molar-refractivity contribution < 1.29 is 4.74 Å². The Morgan fingerprint density at radius 3 is 3.00 bits per heavy atom. The van der Waals surface area contributed by atoms with Crippen molar-refractivity contribution in [1.29, 1.82) is 5.26 Å². The summed E-state index contributed by atoms with van der Waals surface area (Å²) in [4.78, 5) is 0. The van der Waals surface area contributed by atoms with Gasteiger partial charge in [-0.05, 0) is 31.6 Å². The fourth-order valence-corrected chi connectivity index (χ4v) is 3.29. The highest BCUT2D eigenvalue weighted by Gasteiger charge is 2.23. The molecule has 4 heteroatoms. The van der Waals surface area contributed by atoms with E-state index < -0.39 is 0 Å². The summed E-state index contributed by atoms with van der Waals surface area (Å²) in [6.45, 7) is 0.919. The van der Waals surface area contributed by atoms with Gasteiger partial charge in [-0.15, -0.1) is 0 Å². The predicted octanol–water partition coefficient (Wildman–Crippen LogP) is 2.96. The van der Waals surface area contributed by atoms with E-state index in [1.807, 2.05) is 36.0 Å². The molecule has 1 aromatic rings. The second-order valence-corrected chi connectivity index (χ2v) is 5.94. The highest BCUT2D eigenvalue weighted by molar-refractivity contribution is 7.99. The lowest BCUT2D eigenvalue weighted by molar-refractivity contribution is 0.361. The summed E-state index contributed by atoms with van der Waals surface area (Å²) in [7, 11) is 0. The maximum absolute atomic E-state index is 8.58. The third kappa shape index (κ3) is 4.15. The van der Waals surface area contributed by atoms with Crippen LogP contribution in [0.2, 0.25) is 0 Å². The van der Waals surface area contributed by atoms with E-state index >= 15 is 0 Å². The number of nitrogens with zero attached hydrogens (tertiary/aromatic N) is 1. The fraction of sp³-hybridized carbons (Fsp3) is 0.533. The van der Waals surface area contributed by atoms with Crippen LogP contribution in [0.25, 0.3) is 0 Å². The fourth-order valence-electron chi connectivity index (χ4n) is 2.49. The van der Waals surface area contributed by atoms with Crippen LogP contribution in [0.15, 0.2) is 24.3 Å². The molecule has 0 radical (unpaired) electrons. The number of nitrogens with one attached hydrogen (secondary N) is 1. The zero-order valence-electron chi connectivity index (χ0n) is 11.3. The monoisotopic (exact) mass is 276 g/mol. The number of para-hydroxylation sites is 1. The van der Waals surface area contributed by atoms with E-state index in [2.05, 4.69) is 17.6 Å². The lowest BCUT2D eigenvalue weighted by Gasteiger charge is -2.15. The van der Waals surface area contributed by atoms with Crippen molar-refractivity contribution >= 4 is 11.8 Å². The normalized spacial score (nSPS) is 22.1. The molecule has 19 heavy (non-hydrogen) atoms. The van der Waals surface area contributed by atoms with Gasteiger partial charge in [0.2, 0.25) is 0 Å². The third-order valence-electron chi connectivity index (χ3n) is 3.56. The Bertz CT molecular complexity index is 444. The van der Waals surface area contributed by atoms with Gasteiger partial charge in [-0.1, -0.05) is 18.2 Å². The van der Waals surface area contributed by atoms with Gasteiger partial charge in [-0.2, -0.15) is 17.0 Å². The van der Waals surface area contributed by atoms with E-state index in [4.69, 9.17) is 10.00 Å².